The molecule has 1 saturated heterocycles. The van der Waals surface area contributed by atoms with Gasteiger partial charge in [0.05, 0.1) is 23.9 Å². The van der Waals surface area contributed by atoms with Crippen molar-refractivity contribution in [2.45, 2.75) is 6.10 Å². The number of benzene rings is 2. The number of pyridine rings is 1. The standard InChI is InChI=1S/C26H24N6O2/c1-2-24(33)30-20-10-11-28-22(14-20)21-5-3-4-18-15-29-26(32-25(18)21)31-19-8-6-17(7-9-19)23-16-27-12-13-34-23/h2-11,14-15,23,27H,1,12-13,16H2,(H,28,30,33)(H,29,31,32). The lowest BCUT2D eigenvalue weighted by molar-refractivity contribution is -0.111. The van der Waals surface area contributed by atoms with E-state index in [1.807, 2.05) is 36.4 Å². The van der Waals surface area contributed by atoms with Crippen LogP contribution in [0.3, 0.4) is 0 Å². The van der Waals surface area contributed by atoms with Crippen molar-refractivity contribution < 1.29 is 9.53 Å². The lowest BCUT2D eigenvalue weighted by Crippen LogP contribution is -2.33. The molecule has 170 valence electrons. The summed E-state index contributed by atoms with van der Waals surface area (Å²) in [5.41, 5.74) is 4.96. The molecule has 4 aromatic rings. The quantitative estimate of drug-likeness (QED) is 0.377. The van der Waals surface area contributed by atoms with Crippen LogP contribution >= 0.6 is 0 Å². The summed E-state index contributed by atoms with van der Waals surface area (Å²) in [6.45, 7) is 5.91. The third kappa shape index (κ3) is 4.78. The van der Waals surface area contributed by atoms with E-state index < -0.39 is 0 Å². The second-order valence-corrected chi connectivity index (χ2v) is 7.87. The molecule has 0 spiro atoms. The lowest BCUT2D eigenvalue weighted by atomic mass is 10.1. The smallest absolute Gasteiger partial charge is 0.247 e. The van der Waals surface area contributed by atoms with Crippen molar-refractivity contribution in [2.75, 3.05) is 30.3 Å². The molecule has 2 aromatic carbocycles. The third-order valence-corrected chi connectivity index (χ3v) is 5.57. The minimum absolute atomic E-state index is 0.0711. The lowest BCUT2D eigenvalue weighted by Gasteiger charge is -2.24. The van der Waals surface area contributed by atoms with Gasteiger partial charge in [0.25, 0.3) is 0 Å². The topological polar surface area (TPSA) is 101 Å². The molecule has 5 rings (SSSR count). The van der Waals surface area contributed by atoms with E-state index in [0.29, 0.717) is 17.3 Å². The van der Waals surface area contributed by atoms with E-state index in [1.54, 1.807) is 18.5 Å². The maximum atomic E-state index is 11.7. The second-order valence-electron chi connectivity index (χ2n) is 7.87. The monoisotopic (exact) mass is 452 g/mol. The summed E-state index contributed by atoms with van der Waals surface area (Å²) in [6.07, 6.45) is 4.74. The fourth-order valence-electron chi connectivity index (χ4n) is 3.86. The zero-order valence-corrected chi connectivity index (χ0v) is 18.5. The molecule has 1 atom stereocenters. The van der Waals surface area contributed by atoms with E-state index in [4.69, 9.17) is 9.72 Å². The Hall–Kier alpha value is -4.14. The molecule has 0 saturated carbocycles. The molecule has 1 fully saturated rings. The van der Waals surface area contributed by atoms with Crippen molar-refractivity contribution in [3.8, 4) is 11.3 Å². The SMILES string of the molecule is C=CC(=O)Nc1ccnc(-c2cccc3cnc(Nc4ccc(C5CNCCO5)cc4)nc23)c1. The number of hydrogen-bond acceptors (Lipinski definition) is 7. The van der Waals surface area contributed by atoms with E-state index in [1.165, 1.54) is 6.08 Å². The van der Waals surface area contributed by atoms with Crippen LogP contribution in [0.4, 0.5) is 17.3 Å². The van der Waals surface area contributed by atoms with Gasteiger partial charge in [0.1, 0.15) is 0 Å². The number of ether oxygens (including phenoxy) is 1. The molecule has 3 heterocycles. The number of para-hydroxylation sites is 1. The van der Waals surface area contributed by atoms with Crippen LogP contribution in [-0.4, -0.2) is 40.6 Å². The van der Waals surface area contributed by atoms with Crippen LogP contribution in [0, 0.1) is 0 Å². The van der Waals surface area contributed by atoms with Crippen molar-refractivity contribution >= 4 is 34.1 Å². The highest BCUT2D eigenvalue weighted by atomic mass is 16.5. The van der Waals surface area contributed by atoms with Gasteiger partial charge in [-0.15, -0.1) is 0 Å². The van der Waals surface area contributed by atoms with Crippen molar-refractivity contribution in [1.82, 2.24) is 20.3 Å². The summed E-state index contributed by atoms with van der Waals surface area (Å²) in [4.78, 5) is 25.4. The van der Waals surface area contributed by atoms with E-state index in [0.717, 1.165) is 47.4 Å². The summed E-state index contributed by atoms with van der Waals surface area (Å²) in [7, 11) is 0. The molecule has 1 aliphatic heterocycles. The summed E-state index contributed by atoms with van der Waals surface area (Å²) in [5.74, 6) is 0.209. The maximum Gasteiger partial charge on any atom is 0.247 e. The normalized spacial score (nSPS) is 15.6. The molecule has 1 aliphatic rings. The van der Waals surface area contributed by atoms with E-state index in [-0.39, 0.29) is 12.0 Å². The first-order chi connectivity index (χ1) is 16.7. The predicted molar refractivity (Wildman–Crippen MR) is 133 cm³/mol. The van der Waals surface area contributed by atoms with Crippen molar-refractivity contribution in [3.63, 3.8) is 0 Å². The zero-order valence-electron chi connectivity index (χ0n) is 18.5. The molecule has 0 radical (unpaired) electrons. The molecule has 0 aliphatic carbocycles. The molecule has 3 N–H and O–H groups in total. The van der Waals surface area contributed by atoms with Gasteiger partial charge >= 0.3 is 0 Å². The average molecular weight is 453 g/mol. The van der Waals surface area contributed by atoms with Gasteiger partial charge in [0.2, 0.25) is 11.9 Å². The van der Waals surface area contributed by atoms with Gasteiger partial charge in [-0.1, -0.05) is 36.9 Å². The van der Waals surface area contributed by atoms with Crippen LogP contribution in [0.5, 0.6) is 0 Å². The minimum atomic E-state index is -0.277. The number of aromatic nitrogens is 3. The highest BCUT2D eigenvalue weighted by molar-refractivity contribution is 5.99. The summed E-state index contributed by atoms with van der Waals surface area (Å²) < 4.78 is 5.82. The molecule has 34 heavy (non-hydrogen) atoms. The van der Waals surface area contributed by atoms with Crippen LogP contribution in [0.1, 0.15) is 11.7 Å². The van der Waals surface area contributed by atoms with Crippen LogP contribution in [0.25, 0.3) is 22.2 Å². The Labute approximate surface area is 197 Å². The third-order valence-electron chi connectivity index (χ3n) is 5.57. The minimum Gasteiger partial charge on any atom is -0.371 e. The van der Waals surface area contributed by atoms with Gasteiger partial charge in [-0.3, -0.25) is 9.78 Å². The molecule has 1 amide bonds. The first-order valence-corrected chi connectivity index (χ1v) is 11.0. The summed E-state index contributed by atoms with van der Waals surface area (Å²) in [5, 5.41) is 10.3. The fourth-order valence-corrected chi connectivity index (χ4v) is 3.86. The van der Waals surface area contributed by atoms with E-state index in [9.17, 15) is 4.79 Å². The second kappa shape index (κ2) is 9.78. The van der Waals surface area contributed by atoms with Crippen LogP contribution in [-0.2, 0) is 9.53 Å². The van der Waals surface area contributed by atoms with Gasteiger partial charge in [-0.05, 0) is 35.9 Å². The van der Waals surface area contributed by atoms with Crippen LogP contribution < -0.4 is 16.0 Å². The molecular formula is C26H24N6O2. The zero-order chi connectivity index (χ0) is 23.3. The van der Waals surface area contributed by atoms with Crippen LogP contribution in [0.2, 0.25) is 0 Å². The van der Waals surface area contributed by atoms with Gasteiger partial charge in [-0.25, -0.2) is 9.97 Å². The Morgan fingerprint density at radius 3 is 2.79 bits per heavy atom. The summed E-state index contributed by atoms with van der Waals surface area (Å²) in [6, 6.07) is 17.5. The van der Waals surface area contributed by atoms with Crippen molar-refractivity contribution in [3.05, 3.63) is 85.2 Å². The van der Waals surface area contributed by atoms with E-state index >= 15 is 0 Å². The van der Waals surface area contributed by atoms with Crippen molar-refractivity contribution in [2.24, 2.45) is 0 Å². The Kier molecular flexibility index (Phi) is 6.24. The number of carbonyl (C=O) groups is 1. The molecular weight excluding hydrogens is 428 g/mol. The fraction of sp³-hybridized carbons (Fsp3) is 0.154. The summed E-state index contributed by atoms with van der Waals surface area (Å²) >= 11 is 0. The maximum absolute atomic E-state index is 11.7. The predicted octanol–water partition coefficient (Wildman–Crippen LogP) is 4.22. The molecule has 2 aromatic heterocycles. The highest BCUT2D eigenvalue weighted by Gasteiger charge is 2.15. The van der Waals surface area contributed by atoms with Gasteiger partial charge in [0.15, 0.2) is 0 Å². The molecule has 1 unspecified atom stereocenters. The van der Waals surface area contributed by atoms with Gasteiger partial charge < -0.3 is 20.7 Å². The number of fused-ring (bicyclic) bond motifs is 1. The average Bonchev–Trinajstić information content (AvgIpc) is 2.89. The number of carbonyl (C=O) groups excluding carboxylic acids is 1. The Bertz CT molecular complexity index is 1330. The molecule has 0 bridgehead atoms. The molecule has 8 nitrogen and oxygen atoms in total. The number of morpholine rings is 1. The van der Waals surface area contributed by atoms with Crippen LogP contribution in [0.15, 0.2) is 79.6 Å². The number of amides is 1. The first kappa shape index (κ1) is 21.7. The number of rotatable bonds is 6. The number of nitrogens with one attached hydrogen (secondary N) is 3. The Morgan fingerprint density at radius 2 is 2.00 bits per heavy atom. The van der Waals surface area contributed by atoms with Gasteiger partial charge in [-0.2, -0.15) is 0 Å². The van der Waals surface area contributed by atoms with Crippen molar-refractivity contribution in [1.29, 1.82) is 0 Å². The number of anilines is 3. The van der Waals surface area contributed by atoms with E-state index in [2.05, 4.69) is 44.6 Å². The highest BCUT2D eigenvalue weighted by Crippen LogP contribution is 2.28. The first-order valence-electron chi connectivity index (χ1n) is 11.0. The number of hydrogen-bond donors (Lipinski definition) is 3. The largest absolute Gasteiger partial charge is 0.371 e. The Morgan fingerprint density at radius 1 is 1.12 bits per heavy atom. The number of nitrogens with zero attached hydrogens (tertiary/aromatic N) is 3. The van der Waals surface area contributed by atoms with Gasteiger partial charge in [0, 0.05) is 47.8 Å². The molecule has 8 heteroatoms. The Balaban J connectivity index is 1.41.